The average Bonchev–Trinajstić information content (AvgIpc) is 2.81. The second kappa shape index (κ2) is 5.94. The van der Waals surface area contributed by atoms with Crippen molar-refractivity contribution in [1.82, 2.24) is 9.36 Å². The van der Waals surface area contributed by atoms with Gasteiger partial charge in [0.15, 0.2) is 0 Å². The van der Waals surface area contributed by atoms with Gasteiger partial charge >= 0.3 is 0 Å². The Morgan fingerprint density at radius 1 is 1.44 bits per heavy atom. The SMILES string of the molecule is O=C(CCC1CCCCC1)Nc1ncns1. The fourth-order valence-corrected chi connectivity index (χ4v) is 2.67. The predicted octanol–water partition coefficient (Wildman–Crippen LogP) is 2.84. The summed E-state index contributed by atoms with van der Waals surface area (Å²) in [6.07, 6.45) is 9.73. The molecule has 0 bridgehead atoms. The number of hydrogen-bond acceptors (Lipinski definition) is 4. The molecule has 4 nitrogen and oxygen atoms in total. The van der Waals surface area contributed by atoms with Crippen LogP contribution in [0.1, 0.15) is 44.9 Å². The number of amides is 1. The molecule has 1 amide bonds. The van der Waals surface area contributed by atoms with E-state index in [1.807, 2.05) is 0 Å². The highest BCUT2D eigenvalue weighted by Gasteiger charge is 2.15. The molecule has 1 aromatic rings. The highest BCUT2D eigenvalue weighted by molar-refractivity contribution is 7.09. The lowest BCUT2D eigenvalue weighted by molar-refractivity contribution is -0.116. The second-order valence-electron chi connectivity index (χ2n) is 4.34. The third kappa shape index (κ3) is 3.56. The monoisotopic (exact) mass is 239 g/mol. The summed E-state index contributed by atoms with van der Waals surface area (Å²) in [5.41, 5.74) is 0. The van der Waals surface area contributed by atoms with Crippen molar-refractivity contribution >= 4 is 22.6 Å². The van der Waals surface area contributed by atoms with Crippen molar-refractivity contribution in [2.45, 2.75) is 44.9 Å². The number of carbonyl (C=O) groups excluding carboxylic acids is 1. The van der Waals surface area contributed by atoms with E-state index in [9.17, 15) is 4.79 Å². The molecule has 0 radical (unpaired) electrons. The maximum absolute atomic E-state index is 11.6. The van der Waals surface area contributed by atoms with Crippen molar-refractivity contribution in [3.63, 3.8) is 0 Å². The third-order valence-electron chi connectivity index (χ3n) is 3.11. The van der Waals surface area contributed by atoms with Gasteiger partial charge in [-0.15, -0.1) is 0 Å². The van der Waals surface area contributed by atoms with Gasteiger partial charge in [0, 0.05) is 18.0 Å². The molecule has 1 fully saturated rings. The van der Waals surface area contributed by atoms with Crippen LogP contribution in [0.2, 0.25) is 0 Å². The van der Waals surface area contributed by atoms with Crippen LogP contribution in [0.4, 0.5) is 5.13 Å². The zero-order valence-corrected chi connectivity index (χ0v) is 10.1. The van der Waals surface area contributed by atoms with Crippen molar-refractivity contribution in [1.29, 1.82) is 0 Å². The molecule has 5 heteroatoms. The average molecular weight is 239 g/mol. The summed E-state index contributed by atoms with van der Waals surface area (Å²) in [5.74, 6) is 0.830. The van der Waals surface area contributed by atoms with Crippen molar-refractivity contribution in [2.75, 3.05) is 5.32 Å². The standard InChI is InChI=1S/C11H17N3OS/c15-10(14-11-12-8-13-16-11)7-6-9-4-2-1-3-5-9/h8-9H,1-7H2,(H,12,13,14,15). The molecule has 88 valence electrons. The number of aromatic nitrogens is 2. The van der Waals surface area contributed by atoms with Gasteiger partial charge in [-0.1, -0.05) is 32.1 Å². The van der Waals surface area contributed by atoms with Gasteiger partial charge in [0.05, 0.1) is 0 Å². The molecule has 0 atom stereocenters. The normalized spacial score (nSPS) is 17.2. The van der Waals surface area contributed by atoms with Crippen molar-refractivity contribution in [3.8, 4) is 0 Å². The van der Waals surface area contributed by atoms with E-state index < -0.39 is 0 Å². The van der Waals surface area contributed by atoms with Crippen molar-refractivity contribution in [2.24, 2.45) is 5.92 Å². The first-order valence-corrected chi connectivity index (χ1v) is 6.68. The minimum absolute atomic E-state index is 0.0716. The van der Waals surface area contributed by atoms with E-state index in [0.717, 1.165) is 12.3 Å². The molecular formula is C11H17N3OS. The number of nitrogens with zero attached hydrogens (tertiary/aromatic N) is 2. The van der Waals surface area contributed by atoms with E-state index in [0.29, 0.717) is 11.6 Å². The second-order valence-corrected chi connectivity index (χ2v) is 5.12. The summed E-state index contributed by atoms with van der Waals surface area (Å²) >= 11 is 1.22. The topological polar surface area (TPSA) is 54.9 Å². The Morgan fingerprint density at radius 2 is 2.25 bits per heavy atom. The van der Waals surface area contributed by atoms with Gasteiger partial charge in [-0.05, 0) is 12.3 Å². The van der Waals surface area contributed by atoms with Crippen LogP contribution in [-0.2, 0) is 4.79 Å². The molecule has 1 N–H and O–H groups in total. The molecule has 1 aromatic heterocycles. The van der Waals surface area contributed by atoms with Crippen LogP contribution in [0, 0.1) is 5.92 Å². The van der Waals surface area contributed by atoms with E-state index in [1.165, 1.54) is 50.0 Å². The van der Waals surface area contributed by atoms with E-state index >= 15 is 0 Å². The van der Waals surface area contributed by atoms with Crippen LogP contribution < -0.4 is 5.32 Å². The highest BCUT2D eigenvalue weighted by Crippen LogP contribution is 2.27. The van der Waals surface area contributed by atoms with Crippen LogP contribution in [0.25, 0.3) is 0 Å². The maximum atomic E-state index is 11.6. The summed E-state index contributed by atoms with van der Waals surface area (Å²) in [7, 11) is 0. The Labute approximate surface area is 99.6 Å². The number of anilines is 1. The molecular weight excluding hydrogens is 222 g/mol. The summed E-state index contributed by atoms with van der Waals surface area (Å²) in [4.78, 5) is 15.5. The first-order valence-electron chi connectivity index (χ1n) is 5.91. The van der Waals surface area contributed by atoms with E-state index in [4.69, 9.17) is 0 Å². The van der Waals surface area contributed by atoms with Gasteiger partial charge in [0.25, 0.3) is 0 Å². The lowest BCUT2D eigenvalue weighted by Gasteiger charge is -2.20. The summed E-state index contributed by atoms with van der Waals surface area (Å²) in [5, 5.41) is 3.37. The Kier molecular flexibility index (Phi) is 4.27. The largest absolute Gasteiger partial charge is 0.301 e. The molecule has 1 aliphatic rings. The minimum atomic E-state index is 0.0716. The van der Waals surface area contributed by atoms with Gasteiger partial charge in [-0.2, -0.15) is 4.37 Å². The van der Waals surface area contributed by atoms with Gasteiger partial charge in [0.2, 0.25) is 11.0 Å². The van der Waals surface area contributed by atoms with Gasteiger partial charge < -0.3 is 5.32 Å². The molecule has 16 heavy (non-hydrogen) atoms. The summed E-state index contributed by atoms with van der Waals surface area (Å²) in [6.45, 7) is 0. The zero-order chi connectivity index (χ0) is 11.2. The number of carbonyl (C=O) groups is 1. The van der Waals surface area contributed by atoms with Gasteiger partial charge in [-0.3, -0.25) is 4.79 Å². The zero-order valence-electron chi connectivity index (χ0n) is 9.32. The molecule has 2 rings (SSSR count). The first-order chi connectivity index (χ1) is 7.84. The van der Waals surface area contributed by atoms with Crippen molar-refractivity contribution < 1.29 is 4.79 Å². The predicted molar refractivity (Wildman–Crippen MR) is 64.3 cm³/mol. The molecule has 1 saturated carbocycles. The molecule has 1 heterocycles. The molecule has 0 aliphatic heterocycles. The summed E-state index contributed by atoms with van der Waals surface area (Å²) in [6, 6.07) is 0. The van der Waals surface area contributed by atoms with Gasteiger partial charge in [0.1, 0.15) is 6.33 Å². The fraction of sp³-hybridized carbons (Fsp3) is 0.727. The Bertz CT molecular complexity index is 320. The quantitative estimate of drug-likeness (QED) is 0.879. The number of rotatable bonds is 4. The third-order valence-corrected chi connectivity index (χ3v) is 3.69. The molecule has 0 unspecified atom stereocenters. The summed E-state index contributed by atoms with van der Waals surface area (Å²) < 4.78 is 3.84. The smallest absolute Gasteiger partial charge is 0.226 e. The van der Waals surface area contributed by atoms with E-state index in [-0.39, 0.29) is 5.91 Å². The number of hydrogen-bond donors (Lipinski definition) is 1. The lowest BCUT2D eigenvalue weighted by atomic mass is 9.86. The first kappa shape index (κ1) is 11.5. The minimum Gasteiger partial charge on any atom is -0.301 e. The van der Waals surface area contributed by atoms with Crippen LogP contribution in [0.15, 0.2) is 6.33 Å². The maximum Gasteiger partial charge on any atom is 0.226 e. The molecule has 0 saturated heterocycles. The van der Waals surface area contributed by atoms with Crippen molar-refractivity contribution in [3.05, 3.63) is 6.33 Å². The Hall–Kier alpha value is -0.970. The molecule has 0 aromatic carbocycles. The van der Waals surface area contributed by atoms with Crippen LogP contribution in [0.5, 0.6) is 0 Å². The Balaban J connectivity index is 1.67. The van der Waals surface area contributed by atoms with Gasteiger partial charge in [-0.25, -0.2) is 4.98 Å². The number of nitrogens with one attached hydrogen (secondary N) is 1. The van der Waals surface area contributed by atoms with Crippen LogP contribution >= 0.6 is 11.5 Å². The Morgan fingerprint density at radius 3 is 2.94 bits per heavy atom. The molecule has 1 aliphatic carbocycles. The highest BCUT2D eigenvalue weighted by atomic mass is 32.1. The fourth-order valence-electron chi connectivity index (χ4n) is 2.22. The molecule has 0 spiro atoms. The van der Waals surface area contributed by atoms with E-state index in [1.54, 1.807) is 0 Å². The lowest BCUT2D eigenvalue weighted by Crippen LogP contribution is -2.14. The van der Waals surface area contributed by atoms with Crippen LogP contribution in [0.3, 0.4) is 0 Å². The van der Waals surface area contributed by atoms with Crippen LogP contribution in [-0.4, -0.2) is 15.3 Å². The van der Waals surface area contributed by atoms with E-state index in [2.05, 4.69) is 14.7 Å².